The molecular weight excluding hydrogens is 360 g/mol. The molecule has 23 heavy (non-hydrogen) atoms. The Hall–Kier alpha value is -0.670. The van der Waals surface area contributed by atoms with Gasteiger partial charge < -0.3 is 5.32 Å². The minimum absolute atomic E-state index is 0. The quantitative estimate of drug-likeness (QED) is 0.801. The first-order chi connectivity index (χ1) is 10.2. The van der Waals surface area contributed by atoms with Gasteiger partial charge in [-0.25, -0.2) is 21.6 Å². The highest BCUT2D eigenvalue weighted by molar-refractivity contribution is 7.91. The molecule has 0 aliphatic carbocycles. The third kappa shape index (κ3) is 5.15. The van der Waals surface area contributed by atoms with Crippen LogP contribution in [-0.2, 0) is 19.9 Å². The number of nitrogens with one attached hydrogen (secondary N) is 2. The number of halogens is 1. The van der Waals surface area contributed by atoms with Crippen LogP contribution in [0.25, 0.3) is 0 Å². The Kier molecular flexibility index (Phi) is 7.03. The third-order valence-corrected chi connectivity index (χ3v) is 7.05. The molecule has 2 rings (SSSR count). The van der Waals surface area contributed by atoms with Crippen molar-refractivity contribution in [2.24, 2.45) is 0 Å². The van der Waals surface area contributed by atoms with Crippen LogP contribution in [0, 0.1) is 0 Å². The van der Waals surface area contributed by atoms with E-state index in [4.69, 9.17) is 0 Å². The maximum Gasteiger partial charge on any atom is 0.240 e. The fraction of sp³-hybridized carbons (Fsp3) is 0.571. The first kappa shape index (κ1) is 20.4. The first-order valence-electron chi connectivity index (χ1n) is 7.33. The Morgan fingerprint density at radius 2 is 1.87 bits per heavy atom. The molecule has 0 spiro atoms. The third-order valence-electron chi connectivity index (χ3n) is 3.80. The fourth-order valence-corrected chi connectivity index (χ4v) is 4.86. The first-order valence-corrected chi connectivity index (χ1v) is 10.5. The summed E-state index contributed by atoms with van der Waals surface area (Å²) in [5.74, 6) is -0.0598. The van der Waals surface area contributed by atoms with E-state index in [9.17, 15) is 16.8 Å². The maximum atomic E-state index is 12.4. The molecule has 2 unspecified atom stereocenters. The molecule has 0 amide bonds. The summed E-state index contributed by atoms with van der Waals surface area (Å²) in [6.07, 6.45) is 1.43. The summed E-state index contributed by atoms with van der Waals surface area (Å²) in [4.78, 5) is 0.0322. The minimum Gasteiger partial charge on any atom is -0.314 e. The van der Waals surface area contributed by atoms with E-state index in [2.05, 4.69) is 10.0 Å². The van der Waals surface area contributed by atoms with Crippen LogP contribution in [0.3, 0.4) is 0 Å². The molecular formula is C14H23ClN2O4S2. The highest BCUT2D eigenvalue weighted by Crippen LogP contribution is 2.18. The second-order valence-corrected chi connectivity index (χ2v) is 9.57. The van der Waals surface area contributed by atoms with Gasteiger partial charge in [-0.05, 0) is 44.5 Å². The molecule has 1 aliphatic heterocycles. The minimum atomic E-state index is -3.72. The molecule has 6 nitrogen and oxygen atoms in total. The Morgan fingerprint density at radius 1 is 1.22 bits per heavy atom. The van der Waals surface area contributed by atoms with Gasteiger partial charge in [0.25, 0.3) is 0 Å². The van der Waals surface area contributed by atoms with Gasteiger partial charge in [-0.3, -0.25) is 0 Å². The summed E-state index contributed by atoms with van der Waals surface area (Å²) >= 11 is 0. The van der Waals surface area contributed by atoms with E-state index < -0.39 is 19.9 Å². The Morgan fingerprint density at radius 3 is 2.48 bits per heavy atom. The molecule has 1 aliphatic rings. The summed E-state index contributed by atoms with van der Waals surface area (Å²) in [5.41, 5.74) is 0. The van der Waals surface area contributed by atoms with Crippen molar-refractivity contribution in [3.8, 4) is 0 Å². The number of sulfone groups is 1. The average Bonchev–Trinajstić information content (AvgIpc) is 2.47. The molecule has 0 radical (unpaired) electrons. The average molecular weight is 383 g/mol. The van der Waals surface area contributed by atoms with Crippen molar-refractivity contribution in [2.45, 2.75) is 48.6 Å². The van der Waals surface area contributed by atoms with Crippen molar-refractivity contribution in [3.05, 3.63) is 24.3 Å². The predicted octanol–water partition coefficient (Wildman–Crippen LogP) is 1.32. The summed E-state index contributed by atoms with van der Waals surface area (Å²) in [7, 11) is -7.14. The van der Waals surface area contributed by atoms with Gasteiger partial charge in [-0.15, -0.1) is 12.4 Å². The van der Waals surface area contributed by atoms with Gasteiger partial charge in [-0.1, -0.05) is 13.0 Å². The van der Waals surface area contributed by atoms with E-state index in [-0.39, 0.29) is 40.0 Å². The highest BCUT2D eigenvalue weighted by Gasteiger charge is 2.25. The van der Waals surface area contributed by atoms with E-state index in [0.29, 0.717) is 6.42 Å². The van der Waals surface area contributed by atoms with E-state index in [1.165, 1.54) is 31.2 Å². The van der Waals surface area contributed by atoms with E-state index in [0.717, 1.165) is 13.0 Å². The second kappa shape index (κ2) is 7.94. The number of benzene rings is 1. The summed E-state index contributed by atoms with van der Waals surface area (Å²) < 4.78 is 51.4. The summed E-state index contributed by atoms with van der Waals surface area (Å²) in [5, 5.41) is 3.26. The number of hydrogen-bond acceptors (Lipinski definition) is 5. The van der Waals surface area contributed by atoms with Crippen molar-refractivity contribution in [1.82, 2.24) is 10.0 Å². The lowest BCUT2D eigenvalue weighted by Gasteiger charge is -2.28. The van der Waals surface area contributed by atoms with Crippen LogP contribution < -0.4 is 10.0 Å². The SMILES string of the molecule is CCS(=O)(=O)c1cccc(S(=O)(=O)NC2CCNC(C)C2)c1.Cl. The molecule has 0 bridgehead atoms. The lowest BCUT2D eigenvalue weighted by molar-refractivity contribution is 0.361. The monoisotopic (exact) mass is 382 g/mol. The van der Waals surface area contributed by atoms with Crippen LogP contribution in [-0.4, -0.2) is 41.2 Å². The summed E-state index contributed by atoms with van der Waals surface area (Å²) in [6.45, 7) is 4.30. The van der Waals surface area contributed by atoms with Crippen LogP contribution in [0.15, 0.2) is 34.1 Å². The van der Waals surface area contributed by atoms with Crippen molar-refractivity contribution >= 4 is 32.3 Å². The van der Waals surface area contributed by atoms with Gasteiger partial charge in [0.15, 0.2) is 9.84 Å². The Bertz CT molecular complexity index is 735. The molecule has 1 saturated heterocycles. The number of sulfonamides is 1. The lowest BCUT2D eigenvalue weighted by Crippen LogP contribution is -2.46. The lowest BCUT2D eigenvalue weighted by atomic mass is 10.0. The smallest absolute Gasteiger partial charge is 0.240 e. The van der Waals surface area contributed by atoms with Gasteiger partial charge in [0.05, 0.1) is 15.5 Å². The fourth-order valence-electron chi connectivity index (χ4n) is 2.53. The van der Waals surface area contributed by atoms with Crippen LogP contribution in [0.5, 0.6) is 0 Å². The van der Waals surface area contributed by atoms with Crippen molar-refractivity contribution in [1.29, 1.82) is 0 Å². The van der Waals surface area contributed by atoms with E-state index >= 15 is 0 Å². The zero-order valence-corrected chi connectivity index (χ0v) is 15.6. The molecule has 1 heterocycles. The van der Waals surface area contributed by atoms with Gasteiger partial charge in [0.2, 0.25) is 10.0 Å². The van der Waals surface area contributed by atoms with Crippen LogP contribution >= 0.6 is 12.4 Å². The molecule has 0 aromatic heterocycles. The number of rotatable bonds is 5. The van der Waals surface area contributed by atoms with E-state index in [1.807, 2.05) is 6.92 Å². The number of piperidine rings is 1. The summed E-state index contributed by atoms with van der Waals surface area (Å²) in [6, 6.07) is 5.65. The van der Waals surface area contributed by atoms with Crippen LogP contribution in [0.1, 0.15) is 26.7 Å². The van der Waals surface area contributed by atoms with Crippen LogP contribution in [0.4, 0.5) is 0 Å². The molecule has 2 N–H and O–H groups in total. The molecule has 9 heteroatoms. The van der Waals surface area contributed by atoms with Crippen molar-refractivity contribution < 1.29 is 16.8 Å². The Balaban J connectivity index is 0.00000264. The zero-order chi connectivity index (χ0) is 16.4. The van der Waals surface area contributed by atoms with Crippen molar-refractivity contribution in [2.75, 3.05) is 12.3 Å². The molecule has 1 aromatic rings. The molecule has 2 atom stereocenters. The van der Waals surface area contributed by atoms with Crippen molar-refractivity contribution in [3.63, 3.8) is 0 Å². The highest BCUT2D eigenvalue weighted by atomic mass is 35.5. The number of hydrogen-bond donors (Lipinski definition) is 2. The van der Waals surface area contributed by atoms with Gasteiger partial charge >= 0.3 is 0 Å². The maximum absolute atomic E-state index is 12.4. The normalized spacial score (nSPS) is 22.3. The van der Waals surface area contributed by atoms with Gasteiger partial charge in [-0.2, -0.15) is 0 Å². The standard InChI is InChI=1S/C14H22N2O4S2.ClH/c1-3-21(17,18)13-5-4-6-14(10-13)22(19,20)16-12-7-8-15-11(2)9-12;/h4-6,10-12,15-16H,3,7-9H2,1-2H3;1H. The molecule has 132 valence electrons. The van der Waals surface area contributed by atoms with Gasteiger partial charge in [0, 0.05) is 12.1 Å². The largest absolute Gasteiger partial charge is 0.314 e. The second-order valence-electron chi connectivity index (χ2n) is 5.58. The molecule has 1 fully saturated rings. The Labute approximate surface area is 144 Å². The molecule has 0 saturated carbocycles. The van der Waals surface area contributed by atoms with Gasteiger partial charge in [0.1, 0.15) is 0 Å². The van der Waals surface area contributed by atoms with E-state index in [1.54, 1.807) is 0 Å². The predicted molar refractivity (Wildman–Crippen MR) is 92.2 cm³/mol. The zero-order valence-electron chi connectivity index (χ0n) is 13.2. The molecule has 1 aromatic carbocycles. The topological polar surface area (TPSA) is 92.3 Å². The van der Waals surface area contributed by atoms with Crippen LogP contribution in [0.2, 0.25) is 0 Å².